The largest absolute Gasteiger partial charge is 0.508 e. The average Bonchev–Trinajstić information content (AvgIpc) is 3.51. The van der Waals surface area contributed by atoms with Crippen molar-refractivity contribution in [3.8, 4) is 0 Å². The van der Waals surface area contributed by atoms with Crippen molar-refractivity contribution in [2.75, 3.05) is 26.2 Å². The highest BCUT2D eigenvalue weighted by Gasteiger charge is 2.67. The lowest BCUT2D eigenvalue weighted by molar-refractivity contribution is -0.205. The summed E-state index contributed by atoms with van der Waals surface area (Å²) in [4.78, 5) is 26.3. The van der Waals surface area contributed by atoms with E-state index in [1.165, 1.54) is 18.9 Å². The fourth-order valence-electron chi connectivity index (χ4n) is 9.83. The highest BCUT2D eigenvalue weighted by atomic mass is 16.7. The first-order chi connectivity index (χ1) is 18.2. The van der Waals surface area contributed by atoms with Crippen molar-refractivity contribution in [1.29, 1.82) is 0 Å². The summed E-state index contributed by atoms with van der Waals surface area (Å²) >= 11 is 0. The molecule has 8 atom stereocenters. The normalized spacial score (nSPS) is 42.7. The molecule has 0 spiro atoms. The summed E-state index contributed by atoms with van der Waals surface area (Å²) in [6.45, 7) is 8.13. The number of likely N-dealkylation sites (tertiary alicyclic amines) is 1. The van der Waals surface area contributed by atoms with Crippen LogP contribution in [0.5, 0.6) is 0 Å². The number of nitrogens with zero attached hydrogens (tertiary/aromatic N) is 1. The van der Waals surface area contributed by atoms with Crippen LogP contribution in [-0.4, -0.2) is 54.1 Å². The molecular formula is C31H45NO6. The highest BCUT2D eigenvalue weighted by Crippen LogP contribution is 2.70. The molecule has 2 heterocycles. The lowest BCUT2D eigenvalue weighted by Crippen LogP contribution is -2.62. The molecule has 0 aromatic carbocycles. The fraction of sp³-hybridized carbons (Fsp3) is 0.806. The van der Waals surface area contributed by atoms with Crippen LogP contribution in [0.2, 0.25) is 0 Å². The Morgan fingerprint density at radius 1 is 1.05 bits per heavy atom. The Hall–Kier alpha value is -1.86. The number of aliphatic hydroxyl groups is 1. The van der Waals surface area contributed by atoms with Crippen LogP contribution in [0.25, 0.3) is 0 Å². The first-order valence-corrected chi connectivity index (χ1v) is 15.1. The molecule has 4 aliphatic carbocycles. The lowest BCUT2D eigenvalue weighted by atomic mass is 9.43. The number of carbonyl (C=O) groups excluding carboxylic acids is 1. The smallest absolute Gasteiger partial charge is 0.433 e. The summed E-state index contributed by atoms with van der Waals surface area (Å²) in [7, 11) is 0. The van der Waals surface area contributed by atoms with E-state index in [-0.39, 0.29) is 34.4 Å². The van der Waals surface area contributed by atoms with Crippen LogP contribution in [0.15, 0.2) is 27.6 Å². The lowest BCUT2D eigenvalue weighted by Gasteiger charge is -2.63. The Bertz CT molecular complexity index is 1060. The molecule has 7 heteroatoms. The molecule has 0 unspecified atom stereocenters. The van der Waals surface area contributed by atoms with Gasteiger partial charge < -0.3 is 19.0 Å². The summed E-state index contributed by atoms with van der Waals surface area (Å²) in [6.07, 6.45) is 12.3. The van der Waals surface area contributed by atoms with Gasteiger partial charge in [-0.3, -0.25) is 4.90 Å². The fourth-order valence-corrected chi connectivity index (χ4v) is 9.83. The number of rotatable bonds is 5. The van der Waals surface area contributed by atoms with Gasteiger partial charge in [-0.15, -0.1) is 0 Å². The number of hydrogen-bond acceptors (Lipinski definition) is 7. The molecule has 0 bridgehead atoms. The van der Waals surface area contributed by atoms with Crippen molar-refractivity contribution < 1.29 is 23.8 Å². The van der Waals surface area contributed by atoms with Crippen LogP contribution in [0.3, 0.4) is 0 Å². The van der Waals surface area contributed by atoms with Crippen LogP contribution in [-0.2, 0) is 9.47 Å². The molecule has 5 aliphatic rings. The minimum absolute atomic E-state index is 0.0653. The maximum Gasteiger partial charge on any atom is 0.508 e. The van der Waals surface area contributed by atoms with Gasteiger partial charge in [-0.25, -0.2) is 9.59 Å². The Balaban J connectivity index is 1.09. The maximum absolute atomic E-state index is 12.4. The van der Waals surface area contributed by atoms with E-state index in [0.717, 1.165) is 83.0 Å². The Kier molecular flexibility index (Phi) is 6.91. The molecule has 1 N–H and O–H groups in total. The van der Waals surface area contributed by atoms with E-state index in [1.54, 1.807) is 6.26 Å². The Morgan fingerprint density at radius 3 is 2.63 bits per heavy atom. The Morgan fingerprint density at radius 2 is 1.87 bits per heavy atom. The number of hydrogen-bond donors (Lipinski definition) is 1. The quantitative estimate of drug-likeness (QED) is 0.506. The van der Waals surface area contributed by atoms with E-state index in [2.05, 4.69) is 18.7 Å². The number of carbonyl (C=O) groups is 1. The van der Waals surface area contributed by atoms with Gasteiger partial charge in [0.15, 0.2) is 0 Å². The maximum atomic E-state index is 12.4. The summed E-state index contributed by atoms with van der Waals surface area (Å²) < 4.78 is 16.4. The molecule has 5 fully saturated rings. The predicted molar refractivity (Wildman–Crippen MR) is 143 cm³/mol. The number of ether oxygens (including phenoxy) is 2. The van der Waals surface area contributed by atoms with Crippen LogP contribution in [0, 0.1) is 28.6 Å². The van der Waals surface area contributed by atoms with E-state index in [9.17, 15) is 14.7 Å². The van der Waals surface area contributed by atoms with Crippen molar-refractivity contribution in [1.82, 2.24) is 4.90 Å². The van der Waals surface area contributed by atoms with E-state index >= 15 is 0 Å². The third-order valence-corrected chi connectivity index (χ3v) is 12.0. The molecular weight excluding hydrogens is 482 g/mol. The second-order valence-electron chi connectivity index (χ2n) is 13.5. The SMILES string of the molecule is C[C@]12CC[C@H](OC(=O)OCCN3CCCC3)C[C@H]1CC[C@@H]1[C@@H]2CC[C@]2(C)[C@@H](c3ccc(=O)oc3)CC[C@]12O. The minimum Gasteiger partial charge on any atom is -0.433 e. The van der Waals surface area contributed by atoms with Gasteiger partial charge in [-0.1, -0.05) is 13.8 Å². The van der Waals surface area contributed by atoms with Crippen molar-refractivity contribution in [3.63, 3.8) is 0 Å². The number of fused-ring (bicyclic) bond motifs is 5. The van der Waals surface area contributed by atoms with Gasteiger partial charge >= 0.3 is 11.8 Å². The third kappa shape index (κ3) is 4.32. The zero-order valence-electron chi connectivity index (χ0n) is 23.2. The van der Waals surface area contributed by atoms with Gasteiger partial charge in [-0.05, 0) is 124 Å². The third-order valence-electron chi connectivity index (χ3n) is 12.0. The van der Waals surface area contributed by atoms with Crippen molar-refractivity contribution in [2.24, 2.45) is 28.6 Å². The monoisotopic (exact) mass is 527 g/mol. The average molecular weight is 528 g/mol. The molecule has 0 radical (unpaired) electrons. The zero-order valence-corrected chi connectivity index (χ0v) is 23.2. The van der Waals surface area contributed by atoms with Crippen LogP contribution >= 0.6 is 0 Å². The molecule has 1 aliphatic heterocycles. The van der Waals surface area contributed by atoms with Crippen molar-refractivity contribution in [3.05, 3.63) is 34.4 Å². The van der Waals surface area contributed by atoms with E-state index in [0.29, 0.717) is 18.4 Å². The van der Waals surface area contributed by atoms with Gasteiger partial charge in [0.1, 0.15) is 12.7 Å². The van der Waals surface area contributed by atoms with Gasteiger partial charge in [0.25, 0.3) is 0 Å². The standard InChI is InChI=1S/C31H45NO6/c1-29-12-9-23(38-28(34)36-18-17-32-15-3-4-16-32)19-22(29)6-7-26-25(29)10-13-30(2)24(11-14-31(26,30)35)21-5-8-27(33)37-20-21/h5,8,20,22-26,35H,3-4,6-7,9-19H2,1-2H3/t22-,23+,24-,25+,26-,29+,30-,31+/m1/s1. The van der Waals surface area contributed by atoms with Gasteiger partial charge in [-0.2, -0.15) is 0 Å². The predicted octanol–water partition coefficient (Wildman–Crippen LogP) is 5.50. The van der Waals surface area contributed by atoms with Crippen molar-refractivity contribution in [2.45, 2.75) is 102 Å². The van der Waals surface area contributed by atoms with E-state index in [4.69, 9.17) is 13.9 Å². The van der Waals surface area contributed by atoms with Crippen molar-refractivity contribution >= 4 is 6.16 Å². The summed E-state index contributed by atoms with van der Waals surface area (Å²) in [5.41, 5.74) is -0.0199. The van der Waals surface area contributed by atoms with E-state index < -0.39 is 11.8 Å². The second-order valence-corrected chi connectivity index (χ2v) is 13.5. The molecule has 1 aromatic rings. The van der Waals surface area contributed by atoms with Crippen LogP contribution < -0.4 is 5.63 Å². The molecule has 38 heavy (non-hydrogen) atoms. The molecule has 1 aromatic heterocycles. The Labute approximate surface area is 226 Å². The zero-order chi connectivity index (χ0) is 26.5. The van der Waals surface area contributed by atoms with Crippen LogP contribution in [0.4, 0.5) is 4.79 Å². The molecule has 1 saturated heterocycles. The van der Waals surface area contributed by atoms with Gasteiger partial charge in [0, 0.05) is 18.0 Å². The molecule has 6 rings (SSSR count). The van der Waals surface area contributed by atoms with Crippen LogP contribution in [0.1, 0.15) is 96.0 Å². The summed E-state index contributed by atoms with van der Waals surface area (Å²) in [5, 5.41) is 12.4. The molecule has 4 saturated carbocycles. The minimum atomic E-state index is -0.697. The first-order valence-electron chi connectivity index (χ1n) is 15.1. The molecule has 0 amide bonds. The van der Waals surface area contributed by atoms with Gasteiger partial charge in [0.2, 0.25) is 0 Å². The summed E-state index contributed by atoms with van der Waals surface area (Å²) in [6, 6.07) is 3.41. The summed E-state index contributed by atoms with van der Waals surface area (Å²) in [5.74, 6) is 1.49. The van der Waals surface area contributed by atoms with Gasteiger partial charge in [0.05, 0.1) is 11.9 Å². The first kappa shape index (κ1) is 26.4. The van der Waals surface area contributed by atoms with E-state index in [1.807, 2.05) is 6.07 Å². The second kappa shape index (κ2) is 9.96. The highest BCUT2D eigenvalue weighted by molar-refractivity contribution is 5.60. The molecule has 210 valence electrons. The topological polar surface area (TPSA) is 89.2 Å². The molecule has 7 nitrogen and oxygen atoms in total.